The Labute approximate surface area is 144 Å². The molecular formula is C18H18N4O3. The molecule has 3 aromatic rings. The van der Waals surface area contributed by atoms with Crippen LogP contribution in [0.2, 0.25) is 0 Å². The van der Waals surface area contributed by atoms with Crippen molar-refractivity contribution in [2.24, 2.45) is 10.2 Å². The Morgan fingerprint density at radius 1 is 1.12 bits per heavy atom. The Hall–Kier alpha value is -3.22. The summed E-state index contributed by atoms with van der Waals surface area (Å²) in [6.45, 7) is 2.75. The third kappa shape index (κ3) is 3.21. The van der Waals surface area contributed by atoms with Gasteiger partial charge in [-0.05, 0) is 18.6 Å². The van der Waals surface area contributed by atoms with E-state index in [2.05, 4.69) is 17.2 Å². The molecule has 1 aromatic heterocycles. The van der Waals surface area contributed by atoms with E-state index in [9.17, 15) is 15.2 Å². The molecule has 0 aliphatic rings. The topological polar surface area (TPSA) is 93.0 Å². The van der Waals surface area contributed by atoms with Crippen molar-refractivity contribution in [3.8, 4) is 5.88 Å². The number of aromatic nitrogens is 1. The first-order valence-corrected chi connectivity index (χ1v) is 8.08. The van der Waals surface area contributed by atoms with Gasteiger partial charge in [-0.25, -0.2) is 0 Å². The lowest BCUT2D eigenvalue weighted by atomic mass is 10.2. The predicted molar refractivity (Wildman–Crippen MR) is 95.8 cm³/mol. The Morgan fingerprint density at radius 3 is 2.60 bits per heavy atom. The van der Waals surface area contributed by atoms with E-state index in [0.717, 1.165) is 23.7 Å². The molecule has 1 N–H and O–H groups in total. The number of hydrogen-bond acceptors (Lipinski definition) is 5. The second kappa shape index (κ2) is 7.12. The van der Waals surface area contributed by atoms with Crippen molar-refractivity contribution in [1.82, 2.24) is 4.57 Å². The largest absolute Gasteiger partial charge is 0.493 e. The highest BCUT2D eigenvalue weighted by atomic mass is 16.6. The standard InChI is InChI=1S/C18H18N4O3/c1-2-3-12-21-15-10-6-4-8-13(15)17(18(21)23)20-19-14-9-5-7-11-16(14)22(24)25/h4-11,23H,2-3,12H2,1H3. The number of para-hydroxylation sites is 2. The molecule has 7 nitrogen and oxygen atoms in total. The number of unbranched alkanes of at least 4 members (excludes halogenated alkanes) is 1. The van der Waals surface area contributed by atoms with E-state index in [0.29, 0.717) is 12.2 Å². The minimum Gasteiger partial charge on any atom is -0.493 e. The maximum atomic E-state index is 11.1. The van der Waals surface area contributed by atoms with Gasteiger partial charge < -0.3 is 9.67 Å². The number of aryl methyl sites for hydroxylation is 1. The van der Waals surface area contributed by atoms with Crippen LogP contribution in [0, 0.1) is 10.1 Å². The summed E-state index contributed by atoms with van der Waals surface area (Å²) in [5.74, 6) is 0.0250. The molecule has 25 heavy (non-hydrogen) atoms. The van der Waals surface area contributed by atoms with Crippen molar-refractivity contribution in [3.05, 3.63) is 58.6 Å². The number of fused-ring (bicyclic) bond motifs is 1. The first kappa shape index (κ1) is 16.6. The third-order valence-electron chi connectivity index (χ3n) is 3.99. The molecule has 0 radical (unpaired) electrons. The second-order valence-corrected chi connectivity index (χ2v) is 5.64. The van der Waals surface area contributed by atoms with Crippen molar-refractivity contribution in [2.75, 3.05) is 0 Å². The SMILES string of the molecule is CCCCn1c(O)c(N=Nc2ccccc2[N+](=O)[O-])c2ccccc21. The highest BCUT2D eigenvalue weighted by molar-refractivity contribution is 5.95. The molecule has 7 heteroatoms. The summed E-state index contributed by atoms with van der Waals surface area (Å²) in [5, 5.41) is 30.6. The monoisotopic (exact) mass is 338 g/mol. The fourth-order valence-corrected chi connectivity index (χ4v) is 2.72. The lowest BCUT2D eigenvalue weighted by Crippen LogP contribution is -1.96. The molecule has 0 aliphatic carbocycles. The Balaban J connectivity index is 2.08. The summed E-state index contributed by atoms with van der Waals surface area (Å²) in [7, 11) is 0. The molecule has 0 saturated heterocycles. The van der Waals surface area contributed by atoms with Gasteiger partial charge in [-0.3, -0.25) is 10.1 Å². The summed E-state index contributed by atoms with van der Waals surface area (Å²) >= 11 is 0. The third-order valence-corrected chi connectivity index (χ3v) is 3.99. The van der Waals surface area contributed by atoms with Crippen LogP contribution in [-0.4, -0.2) is 14.6 Å². The summed E-state index contributed by atoms with van der Waals surface area (Å²) in [4.78, 5) is 10.6. The summed E-state index contributed by atoms with van der Waals surface area (Å²) in [5.41, 5.74) is 1.22. The number of nitrogens with zero attached hydrogens (tertiary/aromatic N) is 4. The van der Waals surface area contributed by atoms with Gasteiger partial charge >= 0.3 is 0 Å². The van der Waals surface area contributed by atoms with Gasteiger partial charge in [-0.2, -0.15) is 0 Å². The molecule has 0 atom stereocenters. The maximum absolute atomic E-state index is 11.1. The van der Waals surface area contributed by atoms with E-state index in [1.165, 1.54) is 12.1 Å². The van der Waals surface area contributed by atoms with Gasteiger partial charge in [-0.1, -0.05) is 43.7 Å². The van der Waals surface area contributed by atoms with Crippen LogP contribution in [0.25, 0.3) is 10.9 Å². The number of nitro groups is 1. The fourth-order valence-electron chi connectivity index (χ4n) is 2.72. The van der Waals surface area contributed by atoms with E-state index < -0.39 is 4.92 Å². The Bertz CT molecular complexity index is 947. The average Bonchev–Trinajstić information content (AvgIpc) is 2.89. The summed E-state index contributed by atoms with van der Waals surface area (Å²) < 4.78 is 1.80. The van der Waals surface area contributed by atoms with Gasteiger partial charge in [0.1, 0.15) is 0 Å². The molecule has 1 heterocycles. The van der Waals surface area contributed by atoms with Gasteiger partial charge in [0.2, 0.25) is 5.88 Å². The second-order valence-electron chi connectivity index (χ2n) is 5.64. The molecule has 2 aromatic carbocycles. The number of aromatic hydroxyl groups is 1. The van der Waals surface area contributed by atoms with Crippen LogP contribution >= 0.6 is 0 Å². The zero-order valence-corrected chi connectivity index (χ0v) is 13.8. The molecule has 0 saturated carbocycles. The Morgan fingerprint density at radius 2 is 1.84 bits per heavy atom. The first-order valence-electron chi connectivity index (χ1n) is 8.08. The van der Waals surface area contributed by atoms with Gasteiger partial charge in [0.05, 0.1) is 10.4 Å². The van der Waals surface area contributed by atoms with E-state index in [-0.39, 0.29) is 17.3 Å². The van der Waals surface area contributed by atoms with Crippen LogP contribution < -0.4 is 0 Å². The summed E-state index contributed by atoms with van der Waals surface area (Å²) in [6.07, 6.45) is 1.92. The minimum atomic E-state index is -0.501. The van der Waals surface area contributed by atoms with Gasteiger partial charge in [0.15, 0.2) is 11.4 Å². The predicted octanol–water partition coefficient (Wildman–Crippen LogP) is 5.47. The number of rotatable bonds is 6. The highest BCUT2D eigenvalue weighted by Crippen LogP contribution is 2.40. The van der Waals surface area contributed by atoms with Gasteiger partial charge in [-0.15, -0.1) is 10.2 Å². The van der Waals surface area contributed by atoms with Crippen molar-refractivity contribution in [1.29, 1.82) is 0 Å². The molecule has 128 valence electrons. The number of hydrogen-bond donors (Lipinski definition) is 1. The van der Waals surface area contributed by atoms with Crippen LogP contribution in [0.3, 0.4) is 0 Å². The highest BCUT2D eigenvalue weighted by Gasteiger charge is 2.17. The molecule has 0 fully saturated rings. The average molecular weight is 338 g/mol. The van der Waals surface area contributed by atoms with E-state index in [1.807, 2.05) is 24.3 Å². The van der Waals surface area contributed by atoms with Crippen LogP contribution in [0.15, 0.2) is 58.8 Å². The van der Waals surface area contributed by atoms with Crippen LogP contribution in [0.5, 0.6) is 5.88 Å². The zero-order chi connectivity index (χ0) is 17.8. The number of benzene rings is 2. The van der Waals surface area contributed by atoms with Gasteiger partial charge in [0, 0.05) is 18.0 Å². The van der Waals surface area contributed by atoms with E-state index >= 15 is 0 Å². The fraction of sp³-hybridized carbons (Fsp3) is 0.222. The molecule has 0 bridgehead atoms. The summed E-state index contributed by atoms with van der Waals surface area (Å²) in [6, 6.07) is 13.6. The van der Waals surface area contributed by atoms with Gasteiger partial charge in [0.25, 0.3) is 5.69 Å². The maximum Gasteiger partial charge on any atom is 0.296 e. The quantitative estimate of drug-likeness (QED) is 0.367. The molecule has 3 rings (SSSR count). The lowest BCUT2D eigenvalue weighted by Gasteiger charge is -2.05. The minimum absolute atomic E-state index is 0.0250. The van der Waals surface area contributed by atoms with Crippen LogP contribution in [0.1, 0.15) is 19.8 Å². The molecule has 0 amide bonds. The van der Waals surface area contributed by atoms with Crippen LogP contribution in [-0.2, 0) is 6.54 Å². The van der Waals surface area contributed by atoms with Crippen molar-refractivity contribution >= 4 is 28.0 Å². The molecule has 0 spiro atoms. The van der Waals surface area contributed by atoms with E-state index in [1.54, 1.807) is 16.7 Å². The normalized spacial score (nSPS) is 11.4. The number of azo groups is 1. The molecule has 0 unspecified atom stereocenters. The number of nitro benzene ring substituents is 1. The van der Waals surface area contributed by atoms with E-state index in [4.69, 9.17) is 0 Å². The zero-order valence-electron chi connectivity index (χ0n) is 13.8. The van der Waals surface area contributed by atoms with Crippen molar-refractivity contribution < 1.29 is 10.0 Å². The van der Waals surface area contributed by atoms with Crippen LogP contribution in [0.4, 0.5) is 17.1 Å². The first-order chi connectivity index (χ1) is 12.1. The van der Waals surface area contributed by atoms with Crippen molar-refractivity contribution in [2.45, 2.75) is 26.3 Å². The molecular weight excluding hydrogens is 320 g/mol. The Kier molecular flexibility index (Phi) is 4.74. The van der Waals surface area contributed by atoms with Crippen molar-refractivity contribution in [3.63, 3.8) is 0 Å². The lowest BCUT2D eigenvalue weighted by molar-refractivity contribution is -0.384. The smallest absolute Gasteiger partial charge is 0.296 e. The molecule has 0 aliphatic heterocycles.